The third-order valence-corrected chi connectivity index (χ3v) is 2.36. The molecular weight excluding hydrogens is 212 g/mol. The number of hydrogen-bond donors (Lipinski definition) is 0. The number of methoxy groups -OCH3 is 1. The molecule has 0 aromatic heterocycles. The molecule has 0 fully saturated rings. The topological polar surface area (TPSA) is 69.7 Å². The van der Waals surface area contributed by atoms with Gasteiger partial charge in [-0.15, -0.1) is 0 Å². The van der Waals surface area contributed by atoms with Gasteiger partial charge in [-0.2, -0.15) is 0 Å². The molecule has 0 spiro atoms. The Morgan fingerprint density at radius 1 is 1.62 bits per heavy atom. The number of carbonyl (C=O) groups is 3. The van der Waals surface area contributed by atoms with Gasteiger partial charge in [0.15, 0.2) is 0 Å². The van der Waals surface area contributed by atoms with Crippen LogP contribution in [0.3, 0.4) is 0 Å². The van der Waals surface area contributed by atoms with Crippen molar-refractivity contribution < 1.29 is 23.9 Å². The molecule has 0 saturated heterocycles. The first-order valence-electron chi connectivity index (χ1n) is 4.73. The van der Waals surface area contributed by atoms with Crippen LogP contribution in [-0.4, -0.2) is 25.3 Å². The van der Waals surface area contributed by atoms with Gasteiger partial charge in [-0.3, -0.25) is 9.59 Å². The molecular formula is C11H12O5. The lowest BCUT2D eigenvalue weighted by Gasteiger charge is -2.21. The van der Waals surface area contributed by atoms with Gasteiger partial charge in [0.25, 0.3) is 0 Å². The minimum atomic E-state index is -0.598. The summed E-state index contributed by atoms with van der Waals surface area (Å²) in [6, 6.07) is 0. The highest BCUT2D eigenvalue weighted by Gasteiger charge is 2.31. The lowest BCUT2D eigenvalue weighted by atomic mass is 9.88. The van der Waals surface area contributed by atoms with Gasteiger partial charge in [0.2, 0.25) is 0 Å². The fraction of sp³-hybridized carbons (Fsp3) is 0.364. The Morgan fingerprint density at radius 3 is 2.81 bits per heavy atom. The molecule has 0 amide bonds. The van der Waals surface area contributed by atoms with Gasteiger partial charge >= 0.3 is 11.9 Å². The van der Waals surface area contributed by atoms with Gasteiger partial charge in [0.05, 0.1) is 19.1 Å². The minimum absolute atomic E-state index is 0.0284. The van der Waals surface area contributed by atoms with Crippen molar-refractivity contribution in [1.29, 1.82) is 0 Å². The zero-order chi connectivity index (χ0) is 12.1. The van der Waals surface area contributed by atoms with E-state index in [1.54, 1.807) is 13.0 Å². The van der Waals surface area contributed by atoms with Crippen molar-refractivity contribution in [3.8, 4) is 0 Å². The minimum Gasteiger partial charge on any atom is -0.466 e. The van der Waals surface area contributed by atoms with Crippen molar-refractivity contribution in [2.75, 3.05) is 7.11 Å². The van der Waals surface area contributed by atoms with Crippen LogP contribution in [-0.2, 0) is 23.9 Å². The van der Waals surface area contributed by atoms with Gasteiger partial charge < -0.3 is 9.47 Å². The van der Waals surface area contributed by atoms with Crippen molar-refractivity contribution in [1.82, 2.24) is 0 Å². The molecule has 1 aliphatic rings. The van der Waals surface area contributed by atoms with Crippen LogP contribution in [0.25, 0.3) is 0 Å². The third kappa shape index (κ3) is 2.36. The van der Waals surface area contributed by atoms with E-state index in [0.717, 1.165) is 6.26 Å². The molecule has 0 saturated carbocycles. The maximum absolute atomic E-state index is 11.4. The summed E-state index contributed by atoms with van der Waals surface area (Å²) in [4.78, 5) is 33.3. The summed E-state index contributed by atoms with van der Waals surface area (Å²) < 4.78 is 9.19. The Bertz CT molecular complexity index is 378. The van der Waals surface area contributed by atoms with Crippen molar-refractivity contribution in [3.05, 3.63) is 23.5 Å². The number of hydrogen-bond acceptors (Lipinski definition) is 5. The van der Waals surface area contributed by atoms with Crippen LogP contribution < -0.4 is 0 Å². The molecule has 0 aliphatic carbocycles. The monoisotopic (exact) mass is 224 g/mol. The number of rotatable bonds is 3. The van der Waals surface area contributed by atoms with E-state index in [1.165, 1.54) is 7.11 Å². The Morgan fingerprint density at radius 2 is 2.31 bits per heavy atom. The zero-order valence-corrected chi connectivity index (χ0v) is 9.06. The molecule has 5 nitrogen and oxygen atoms in total. The Kier molecular flexibility index (Phi) is 3.99. The second kappa shape index (κ2) is 5.25. The lowest BCUT2D eigenvalue weighted by Crippen LogP contribution is -2.25. The van der Waals surface area contributed by atoms with Crippen molar-refractivity contribution >= 4 is 18.2 Å². The second-order valence-electron chi connectivity index (χ2n) is 3.22. The van der Waals surface area contributed by atoms with Gasteiger partial charge in [-0.25, -0.2) is 4.79 Å². The first-order chi connectivity index (χ1) is 7.63. The average molecular weight is 224 g/mol. The third-order valence-electron chi connectivity index (χ3n) is 2.36. The molecule has 86 valence electrons. The Balaban J connectivity index is 3.07. The van der Waals surface area contributed by atoms with E-state index in [4.69, 9.17) is 0 Å². The van der Waals surface area contributed by atoms with Crippen LogP contribution in [0.5, 0.6) is 0 Å². The quantitative estimate of drug-likeness (QED) is 0.402. The van der Waals surface area contributed by atoms with Gasteiger partial charge in [0, 0.05) is 5.92 Å². The van der Waals surface area contributed by atoms with Crippen LogP contribution in [0.4, 0.5) is 0 Å². The highest BCUT2D eigenvalue weighted by atomic mass is 16.5. The van der Waals surface area contributed by atoms with Gasteiger partial charge in [-0.1, -0.05) is 6.08 Å². The SMILES string of the molecule is C/C=C(\C=O)[C@@H]1CC(=O)OC=C1C(=O)OC. The van der Waals surface area contributed by atoms with E-state index in [0.29, 0.717) is 11.9 Å². The molecule has 5 heteroatoms. The van der Waals surface area contributed by atoms with E-state index >= 15 is 0 Å². The molecule has 0 aromatic carbocycles. The molecule has 0 radical (unpaired) electrons. The average Bonchev–Trinajstić information content (AvgIpc) is 2.30. The number of allylic oxidation sites excluding steroid dienone is 2. The number of ether oxygens (including phenoxy) is 2. The molecule has 0 bridgehead atoms. The number of esters is 2. The molecule has 1 heterocycles. The van der Waals surface area contributed by atoms with Gasteiger partial charge in [0.1, 0.15) is 12.5 Å². The van der Waals surface area contributed by atoms with Crippen LogP contribution in [0, 0.1) is 5.92 Å². The van der Waals surface area contributed by atoms with Crippen molar-refractivity contribution in [2.24, 2.45) is 5.92 Å². The molecule has 1 rings (SSSR count). The molecule has 1 atom stereocenters. The summed E-state index contributed by atoms with van der Waals surface area (Å²) in [5.41, 5.74) is 0.551. The summed E-state index contributed by atoms with van der Waals surface area (Å²) in [5, 5.41) is 0. The summed E-state index contributed by atoms with van der Waals surface area (Å²) in [6.07, 6.45) is 3.21. The van der Waals surface area contributed by atoms with E-state index in [9.17, 15) is 14.4 Å². The van der Waals surface area contributed by atoms with Crippen LogP contribution in [0.15, 0.2) is 23.5 Å². The normalized spacial score (nSPS) is 20.9. The first kappa shape index (κ1) is 12.2. The highest BCUT2D eigenvalue weighted by Crippen LogP contribution is 2.28. The molecule has 16 heavy (non-hydrogen) atoms. The summed E-state index contributed by atoms with van der Waals surface area (Å²) in [5.74, 6) is -1.64. The number of cyclic esters (lactones) is 1. The number of aldehydes is 1. The standard InChI is InChI=1S/C11H12O5/c1-3-7(5-12)8-4-10(13)16-6-9(8)11(14)15-2/h3,5-6,8H,4H2,1-2H3/b7-3+/t8-/m0/s1. The molecule has 0 N–H and O–H groups in total. The van der Waals surface area contributed by atoms with Crippen molar-refractivity contribution in [3.63, 3.8) is 0 Å². The van der Waals surface area contributed by atoms with E-state index in [1.807, 2.05) is 0 Å². The molecule has 0 aromatic rings. The molecule has 0 unspecified atom stereocenters. The van der Waals surface area contributed by atoms with Crippen LogP contribution >= 0.6 is 0 Å². The Labute approximate surface area is 92.7 Å². The largest absolute Gasteiger partial charge is 0.466 e. The molecule has 1 aliphatic heterocycles. The summed E-state index contributed by atoms with van der Waals surface area (Å²) in [6.45, 7) is 1.67. The maximum atomic E-state index is 11.4. The predicted octanol–water partition coefficient (Wildman–Crippen LogP) is 0.752. The van der Waals surface area contributed by atoms with Crippen LogP contribution in [0.2, 0.25) is 0 Å². The van der Waals surface area contributed by atoms with E-state index in [2.05, 4.69) is 9.47 Å². The number of carbonyl (C=O) groups excluding carboxylic acids is 3. The predicted molar refractivity (Wildman–Crippen MR) is 54.1 cm³/mol. The summed E-state index contributed by atoms with van der Waals surface area (Å²) in [7, 11) is 1.23. The maximum Gasteiger partial charge on any atom is 0.337 e. The van der Waals surface area contributed by atoms with Crippen molar-refractivity contribution in [2.45, 2.75) is 13.3 Å². The van der Waals surface area contributed by atoms with Gasteiger partial charge in [-0.05, 0) is 12.5 Å². The van der Waals surface area contributed by atoms with E-state index < -0.39 is 17.9 Å². The summed E-state index contributed by atoms with van der Waals surface area (Å²) >= 11 is 0. The van der Waals surface area contributed by atoms with Crippen LogP contribution in [0.1, 0.15) is 13.3 Å². The van der Waals surface area contributed by atoms with E-state index in [-0.39, 0.29) is 12.0 Å². The smallest absolute Gasteiger partial charge is 0.337 e. The Hall–Kier alpha value is -1.91. The first-order valence-corrected chi connectivity index (χ1v) is 4.73. The zero-order valence-electron chi connectivity index (χ0n) is 9.06. The lowest BCUT2D eigenvalue weighted by molar-refractivity contribution is -0.142. The fourth-order valence-electron chi connectivity index (χ4n) is 1.49. The highest BCUT2D eigenvalue weighted by molar-refractivity contribution is 5.94. The second-order valence-corrected chi connectivity index (χ2v) is 3.22. The fourth-order valence-corrected chi connectivity index (χ4v) is 1.49.